The molecule has 1 atom stereocenters. The molecule has 0 aromatic carbocycles. The zero-order valence-electron chi connectivity index (χ0n) is 10.6. The van der Waals surface area contributed by atoms with E-state index >= 15 is 0 Å². The van der Waals surface area contributed by atoms with Crippen LogP contribution in [0.1, 0.15) is 34.5 Å². The second kappa shape index (κ2) is 5.74. The van der Waals surface area contributed by atoms with Crippen LogP contribution in [0.25, 0.3) is 0 Å². The summed E-state index contributed by atoms with van der Waals surface area (Å²) >= 11 is 3.56. The summed E-state index contributed by atoms with van der Waals surface area (Å²) in [5.41, 5.74) is 0. The lowest BCUT2D eigenvalue weighted by atomic mass is 10.1. The van der Waals surface area contributed by atoms with Gasteiger partial charge in [0.15, 0.2) is 0 Å². The highest BCUT2D eigenvalue weighted by Crippen LogP contribution is 2.31. The average Bonchev–Trinajstić information content (AvgIpc) is 3.17. The molecule has 4 heteroatoms. The predicted octanol–water partition coefficient (Wildman–Crippen LogP) is 4.84. The molecule has 1 N–H and O–H groups in total. The number of nitrogens with one attached hydrogen (secondary N) is 1. The molecule has 3 heterocycles. The third kappa shape index (κ3) is 2.81. The lowest BCUT2D eigenvalue weighted by molar-refractivity contribution is 0.415. The van der Waals surface area contributed by atoms with Crippen LogP contribution in [0.5, 0.6) is 0 Å². The molecule has 0 aliphatic carbocycles. The van der Waals surface area contributed by atoms with E-state index in [0.29, 0.717) is 0 Å². The number of hydrogen-bond acceptors (Lipinski definition) is 4. The van der Waals surface area contributed by atoms with Crippen molar-refractivity contribution >= 4 is 22.7 Å². The first-order chi connectivity index (χ1) is 9.34. The molecule has 19 heavy (non-hydrogen) atoms. The first-order valence-electron chi connectivity index (χ1n) is 6.21. The second-order valence-electron chi connectivity index (χ2n) is 4.37. The maximum Gasteiger partial charge on any atom is 0.120 e. The molecule has 0 fully saturated rings. The number of thiophene rings is 2. The van der Waals surface area contributed by atoms with Gasteiger partial charge in [0.2, 0.25) is 0 Å². The van der Waals surface area contributed by atoms with Gasteiger partial charge in [0, 0.05) is 9.75 Å². The average molecular weight is 289 g/mol. The Morgan fingerprint density at radius 3 is 2.16 bits per heavy atom. The minimum atomic E-state index is 0.184. The van der Waals surface area contributed by atoms with Gasteiger partial charge in [-0.2, -0.15) is 0 Å². The molecule has 0 aliphatic heterocycles. The minimum Gasteiger partial charge on any atom is -0.468 e. The van der Waals surface area contributed by atoms with Gasteiger partial charge in [-0.05, 0) is 41.9 Å². The first-order valence-corrected chi connectivity index (χ1v) is 7.97. The number of furan rings is 1. The molecular formula is C15H15NOS2. The maximum absolute atomic E-state index is 5.48. The van der Waals surface area contributed by atoms with Gasteiger partial charge < -0.3 is 4.42 Å². The molecule has 0 spiro atoms. The number of rotatable bonds is 5. The van der Waals surface area contributed by atoms with Crippen LogP contribution in [0.2, 0.25) is 0 Å². The Morgan fingerprint density at radius 1 is 1.00 bits per heavy atom. The van der Waals surface area contributed by atoms with Crippen LogP contribution in [0.3, 0.4) is 0 Å². The van der Waals surface area contributed by atoms with E-state index in [-0.39, 0.29) is 12.1 Å². The van der Waals surface area contributed by atoms with Crippen LogP contribution in [0, 0.1) is 0 Å². The normalized spacial score (nSPS) is 12.9. The third-order valence-electron chi connectivity index (χ3n) is 3.04. The lowest BCUT2D eigenvalue weighted by Gasteiger charge is -2.20. The van der Waals surface area contributed by atoms with Crippen molar-refractivity contribution in [3.63, 3.8) is 0 Å². The van der Waals surface area contributed by atoms with Crippen molar-refractivity contribution in [3.8, 4) is 0 Å². The molecule has 0 saturated carbocycles. The van der Waals surface area contributed by atoms with Crippen LogP contribution < -0.4 is 5.32 Å². The lowest BCUT2D eigenvalue weighted by Crippen LogP contribution is -2.24. The molecule has 0 amide bonds. The van der Waals surface area contributed by atoms with Crippen LogP contribution in [0.4, 0.5) is 0 Å². The van der Waals surface area contributed by atoms with Gasteiger partial charge in [-0.3, -0.25) is 5.32 Å². The molecule has 0 saturated heterocycles. The zero-order chi connectivity index (χ0) is 13.1. The highest BCUT2D eigenvalue weighted by Gasteiger charge is 2.20. The Balaban J connectivity index is 1.84. The molecule has 2 nitrogen and oxygen atoms in total. The molecule has 0 radical (unpaired) electrons. The smallest absolute Gasteiger partial charge is 0.120 e. The molecular weight excluding hydrogens is 274 g/mol. The van der Waals surface area contributed by atoms with Gasteiger partial charge >= 0.3 is 0 Å². The summed E-state index contributed by atoms with van der Waals surface area (Å²) in [6.45, 7) is 2.13. The molecule has 3 aromatic heterocycles. The topological polar surface area (TPSA) is 25.2 Å². The van der Waals surface area contributed by atoms with E-state index < -0.39 is 0 Å². The Bertz CT molecular complexity index is 550. The van der Waals surface area contributed by atoms with Crippen LogP contribution >= 0.6 is 22.7 Å². The van der Waals surface area contributed by atoms with Crippen molar-refractivity contribution in [2.75, 3.05) is 0 Å². The fourth-order valence-corrected chi connectivity index (χ4v) is 3.76. The summed E-state index contributed by atoms with van der Waals surface area (Å²) in [5.74, 6) is 0.970. The summed E-state index contributed by atoms with van der Waals surface area (Å²) in [5, 5.41) is 7.89. The second-order valence-corrected chi connectivity index (χ2v) is 6.33. The molecule has 3 aromatic rings. The van der Waals surface area contributed by atoms with Crippen molar-refractivity contribution in [1.82, 2.24) is 5.32 Å². The van der Waals surface area contributed by atoms with E-state index in [1.807, 2.05) is 12.1 Å². The van der Waals surface area contributed by atoms with Gasteiger partial charge in [0.05, 0.1) is 18.3 Å². The Kier molecular flexibility index (Phi) is 3.82. The summed E-state index contributed by atoms with van der Waals surface area (Å²) in [6.07, 6.45) is 1.72. The fraction of sp³-hybridized carbons (Fsp3) is 0.200. The van der Waals surface area contributed by atoms with Gasteiger partial charge in [-0.15, -0.1) is 22.7 Å². The van der Waals surface area contributed by atoms with Crippen molar-refractivity contribution in [3.05, 3.63) is 68.9 Å². The van der Waals surface area contributed by atoms with E-state index in [2.05, 4.69) is 47.3 Å². The highest BCUT2D eigenvalue weighted by molar-refractivity contribution is 7.11. The third-order valence-corrected chi connectivity index (χ3v) is 4.92. The van der Waals surface area contributed by atoms with E-state index in [1.165, 1.54) is 9.75 Å². The summed E-state index contributed by atoms with van der Waals surface area (Å²) in [4.78, 5) is 2.67. The number of hydrogen-bond donors (Lipinski definition) is 1. The molecule has 98 valence electrons. The van der Waals surface area contributed by atoms with Gasteiger partial charge in [-0.25, -0.2) is 0 Å². The highest BCUT2D eigenvalue weighted by atomic mass is 32.1. The van der Waals surface area contributed by atoms with Crippen LogP contribution in [-0.4, -0.2) is 0 Å². The zero-order valence-corrected chi connectivity index (χ0v) is 12.2. The molecule has 1 unspecified atom stereocenters. The maximum atomic E-state index is 5.48. The largest absolute Gasteiger partial charge is 0.468 e. The van der Waals surface area contributed by atoms with Crippen molar-refractivity contribution in [2.45, 2.75) is 19.0 Å². The SMILES string of the molecule is CC(NC(c1cccs1)c1cccs1)c1ccco1. The monoisotopic (exact) mass is 289 g/mol. The Hall–Kier alpha value is -1.36. The molecule has 0 bridgehead atoms. The molecule has 3 rings (SSSR count). The summed E-state index contributed by atoms with van der Waals surface area (Å²) in [6, 6.07) is 12.9. The fourth-order valence-electron chi connectivity index (χ4n) is 2.09. The van der Waals surface area contributed by atoms with Crippen molar-refractivity contribution < 1.29 is 4.42 Å². The van der Waals surface area contributed by atoms with E-state index in [1.54, 1.807) is 28.9 Å². The Labute approximate surface area is 120 Å². The first kappa shape index (κ1) is 12.7. The van der Waals surface area contributed by atoms with E-state index in [0.717, 1.165) is 5.76 Å². The van der Waals surface area contributed by atoms with E-state index in [4.69, 9.17) is 4.42 Å². The molecule has 0 aliphatic rings. The van der Waals surface area contributed by atoms with Gasteiger partial charge in [-0.1, -0.05) is 12.1 Å². The van der Waals surface area contributed by atoms with Crippen LogP contribution in [-0.2, 0) is 0 Å². The van der Waals surface area contributed by atoms with E-state index in [9.17, 15) is 0 Å². The Morgan fingerprint density at radius 2 is 1.68 bits per heavy atom. The van der Waals surface area contributed by atoms with Crippen molar-refractivity contribution in [1.29, 1.82) is 0 Å². The minimum absolute atomic E-state index is 0.184. The standard InChI is InChI=1S/C15H15NOS2/c1-11(12-5-2-8-17-12)16-15(13-6-3-9-18-13)14-7-4-10-19-14/h2-11,15-16H,1H3. The van der Waals surface area contributed by atoms with Crippen molar-refractivity contribution in [2.24, 2.45) is 0 Å². The summed E-state index contributed by atoms with van der Waals surface area (Å²) in [7, 11) is 0. The van der Waals surface area contributed by atoms with Gasteiger partial charge in [0.25, 0.3) is 0 Å². The van der Waals surface area contributed by atoms with Gasteiger partial charge in [0.1, 0.15) is 5.76 Å². The predicted molar refractivity (Wildman–Crippen MR) is 80.7 cm³/mol. The van der Waals surface area contributed by atoms with Crippen LogP contribution in [0.15, 0.2) is 57.8 Å². The quantitative estimate of drug-likeness (QED) is 0.727. The summed E-state index contributed by atoms with van der Waals surface area (Å²) < 4.78 is 5.48.